The number of hydrogen-bond acceptors (Lipinski definition) is 2. The number of rotatable bonds is 2. The highest BCUT2D eigenvalue weighted by Gasteiger charge is 2.09. The number of ether oxygens (including phenoxy) is 1. The van der Waals surface area contributed by atoms with Crippen LogP contribution in [0.4, 0.5) is 4.39 Å². The first-order chi connectivity index (χ1) is 6.19. The molecule has 1 rings (SSSR count). The van der Waals surface area contributed by atoms with E-state index in [0.29, 0.717) is 5.56 Å². The van der Waals surface area contributed by atoms with Crippen LogP contribution in [-0.2, 0) is 6.42 Å². The van der Waals surface area contributed by atoms with Crippen molar-refractivity contribution in [2.45, 2.75) is 6.42 Å². The molecule has 0 atom stereocenters. The van der Waals surface area contributed by atoms with Gasteiger partial charge in [-0.2, -0.15) is 5.26 Å². The lowest BCUT2D eigenvalue weighted by molar-refractivity contribution is 0.386. The maximum absolute atomic E-state index is 13.1. The Labute approximate surface area is 80.5 Å². The molecule has 0 aliphatic rings. The predicted molar refractivity (Wildman–Crippen MR) is 47.3 cm³/mol. The lowest BCUT2D eigenvalue weighted by Gasteiger charge is -2.05. The molecular formula is C9H7ClFNO. The third kappa shape index (κ3) is 2.10. The van der Waals surface area contributed by atoms with Crippen LogP contribution in [0.3, 0.4) is 0 Å². The summed E-state index contributed by atoms with van der Waals surface area (Å²) in [6, 6.07) is 4.67. The van der Waals surface area contributed by atoms with Crippen LogP contribution < -0.4 is 4.74 Å². The van der Waals surface area contributed by atoms with E-state index >= 15 is 0 Å². The number of hydrogen-bond donors (Lipinski definition) is 0. The molecule has 0 amide bonds. The van der Waals surface area contributed by atoms with Gasteiger partial charge in [-0.05, 0) is 17.7 Å². The van der Waals surface area contributed by atoms with E-state index in [9.17, 15) is 4.39 Å². The van der Waals surface area contributed by atoms with Gasteiger partial charge in [-0.1, -0.05) is 11.6 Å². The minimum Gasteiger partial charge on any atom is -0.492 e. The molecule has 0 fully saturated rings. The van der Waals surface area contributed by atoms with Crippen LogP contribution in [0.5, 0.6) is 5.75 Å². The quantitative estimate of drug-likeness (QED) is 0.734. The van der Waals surface area contributed by atoms with Gasteiger partial charge in [0.25, 0.3) is 0 Å². The van der Waals surface area contributed by atoms with Gasteiger partial charge in [0, 0.05) is 0 Å². The molecule has 0 saturated carbocycles. The monoisotopic (exact) mass is 199 g/mol. The van der Waals surface area contributed by atoms with E-state index in [1.165, 1.54) is 19.2 Å². The summed E-state index contributed by atoms with van der Waals surface area (Å²) in [5.74, 6) is -0.524. The van der Waals surface area contributed by atoms with Crippen molar-refractivity contribution >= 4 is 11.6 Å². The molecule has 0 bridgehead atoms. The van der Waals surface area contributed by atoms with Crippen molar-refractivity contribution in [3.63, 3.8) is 0 Å². The van der Waals surface area contributed by atoms with Crippen LogP contribution in [0.2, 0.25) is 5.02 Å². The normalized spacial score (nSPS) is 9.38. The Bertz CT molecular complexity index is 336. The zero-order valence-electron chi connectivity index (χ0n) is 6.97. The molecule has 0 saturated heterocycles. The van der Waals surface area contributed by atoms with Crippen LogP contribution in [0, 0.1) is 17.1 Å². The Morgan fingerprint density at radius 2 is 2.31 bits per heavy atom. The number of nitriles is 1. The van der Waals surface area contributed by atoms with Crippen molar-refractivity contribution in [2.75, 3.05) is 7.11 Å². The van der Waals surface area contributed by atoms with Gasteiger partial charge in [0.15, 0.2) is 11.6 Å². The Morgan fingerprint density at radius 3 is 2.77 bits per heavy atom. The number of benzene rings is 1. The molecule has 0 unspecified atom stereocenters. The summed E-state index contributed by atoms with van der Waals surface area (Å²) >= 11 is 5.70. The summed E-state index contributed by atoms with van der Waals surface area (Å²) in [5.41, 5.74) is 0.547. The lowest BCUT2D eigenvalue weighted by Crippen LogP contribution is -1.92. The molecule has 0 heterocycles. The van der Waals surface area contributed by atoms with Crippen LogP contribution >= 0.6 is 11.6 Å². The fraction of sp³-hybridized carbons (Fsp3) is 0.222. The third-order valence-electron chi connectivity index (χ3n) is 1.55. The van der Waals surface area contributed by atoms with E-state index in [-0.39, 0.29) is 17.2 Å². The van der Waals surface area contributed by atoms with Gasteiger partial charge < -0.3 is 4.74 Å². The van der Waals surface area contributed by atoms with Crippen molar-refractivity contribution in [3.8, 4) is 11.8 Å². The molecule has 0 spiro atoms. The van der Waals surface area contributed by atoms with E-state index in [2.05, 4.69) is 0 Å². The van der Waals surface area contributed by atoms with Gasteiger partial charge in [-0.25, -0.2) is 4.39 Å². The van der Waals surface area contributed by atoms with Crippen LogP contribution in [-0.4, -0.2) is 7.11 Å². The molecule has 0 aliphatic heterocycles. The Kier molecular flexibility index (Phi) is 3.10. The first kappa shape index (κ1) is 9.82. The predicted octanol–water partition coefficient (Wildman–Crippen LogP) is 2.55. The van der Waals surface area contributed by atoms with Crippen molar-refractivity contribution < 1.29 is 9.13 Å². The second kappa shape index (κ2) is 4.11. The first-order valence-corrected chi connectivity index (χ1v) is 3.95. The fourth-order valence-corrected chi connectivity index (χ4v) is 1.31. The van der Waals surface area contributed by atoms with Gasteiger partial charge in [-0.3, -0.25) is 0 Å². The van der Waals surface area contributed by atoms with Gasteiger partial charge in [0.1, 0.15) is 0 Å². The second-order valence-electron chi connectivity index (χ2n) is 2.43. The minimum atomic E-state index is -0.541. The Balaban J connectivity index is 3.14. The van der Waals surface area contributed by atoms with Crippen LogP contribution in [0.15, 0.2) is 12.1 Å². The maximum atomic E-state index is 13.1. The van der Waals surface area contributed by atoms with Gasteiger partial charge >= 0.3 is 0 Å². The first-order valence-electron chi connectivity index (χ1n) is 3.58. The molecule has 13 heavy (non-hydrogen) atoms. The third-order valence-corrected chi connectivity index (χ3v) is 1.83. The van der Waals surface area contributed by atoms with Crippen molar-refractivity contribution in [3.05, 3.63) is 28.5 Å². The average molecular weight is 200 g/mol. The topological polar surface area (TPSA) is 33.0 Å². The summed E-state index contributed by atoms with van der Waals surface area (Å²) in [4.78, 5) is 0. The molecule has 0 radical (unpaired) electrons. The summed E-state index contributed by atoms with van der Waals surface area (Å²) in [7, 11) is 1.34. The number of halogens is 2. The Hall–Kier alpha value is -1.27. The largest absolute Gasteiger partial charge is 0.492 e. The average Bonchev–Trinajstić information content (AvgIpc) is 2.04. The summed E-state index contributed by atoms with van der Waals surface area (Å²) in [6.45, 7) is 0. The SMILES string of the molecule is COc1c(F)cc(CC#N)cc1Cl. The molecule has 1 aromatic carbocycles. The zero-order chi connectivity index (χ0) is 9.84. The van der Waals surface area contributed by atoms with Gasteiger partial charge in [0.05, 0.1) is 24.6 Å². The summed E-state index contributed by atoms with van der Waals surface area (Å²) in [5, 5.41) is 8.57. The highest BCUT2D eigenvalue weighted by Crippen LogP contribution is 2.28. The highest BCUT2D eigenvalue weighted by molar-refractivity contribution is 6.32. The molecule has 1 aromatic rings. The van der Waals surface area contributed by atoms with Crippen molar-refractivity contribution in [1.82, 2.24) is 0 Å². The highest BCUT2D eigenvalue weighted by atomic mass is 35.5. The standard InChI is InChI=1S/C9H7ClFNO/c1-13-9-7(10)4-6(2-3-12)5-8(9)11/h4-5H,2H2,1H3. The second-order valence-corrected chi connectivity index (χ2v) is 2.83. The number of methoxy groups -OCH3 is 1. The van der Waals surface area contributed by atoms with E-state index in [0.717, 1.165) is 0 Å². The maximum Gasteiger partial charge on any atom is 0.173 e. The summed E-state index contributed by atoms with van der Waals surface area (Å²) in [6.07, 6.45) is 0.140. The smallest absolute Gasteiger partial charge is 0.173 e. The van der Waals surface area contributed by atoms with E-state index in [4.69, 9.17) is 21.6 Å². The summed E-state index contributed by atoms with van der Waals surface area (Å²) < 4.78 is 17.8. The van der Waals surface area contributed by atoms with Gasteiger partial charge in [-0.15, -0.1) is 0 Å². The Morgan fingerprint density at radius 1 is 1.62 bits per heavy atom. The molecule has 0 aromatic heterocycles. The molecular weight excluding hydrogens is 193 g/mol. The van der Waals surface area contributed by atoms with E-state index < -0.39 is 5.82 Å². The van der Waals surface area contributed by atoms with Crippen molar-refractivity contribution in [2.24, 2.45) is 0 Å². The molecule has 0 aliphatic carbocycles. The van der Waals surface area contributed by atoms with E-state index in [1.54, 1.807) is 0 Å². The minimum absolute atomic E-state index is 0.0170. The van der Waals surface area contributed by atoms with Crippen LogP contribution in [0.1, 0.15) is 5.56 Å². The fourth-order valence-electron chi connectivity index (χ4n) is 1.00. The number of nitrogens with zero attached hydrogens (tertiary/aromatic N) is 1. The lowest BCUT2D eigenvalue weighted by atomic mass is 10.1. The van der Waals surface area contributed by atoms with Crippen LogP contribution in [0.25, 0.3) is 0 Å². The molecule has 0 N–H and O–H groups in total. The van der Waals surface area contributed by atoms with Gasteiger partial charge in [0.2, 0.25) is 0 Å². The zero-order valence-corrected chi connectivity index (χ0v) is 7.73. The van der Waals surface area contributed by atoms with Crippen molar-refractivity contribution in [1.29, 1.82) is 5.26 Å². The van der Waals surface area contributed by atoms with E-state index in [1.807, 2.05) is 6.07 Å². The molecule has 4 heteroatoms. The molecule has 68 valence electrons. The molecule has 2 nitrogen and oxygen atoms in total.